The third-order valence-corrected chi connectivity index (χ3v) is 2.33. The van der Waals surface area contributed by atoms with E-state index >= 15 is 0 Å². The van der Waals surface area contributed by atoms with Crippen molar-refractivity contribution in [2.75, 3.05) is 0 Å². The van der Waals surface area contributed by atoms with Crippen LogP contribution in [0, 0.1) is 5.82 Å². The summed E-state index contributed by atoms with van der Waals surface area (Å²) in [7, 11) is 0. The summed E-state index contributed by atoms with van der Waals surface area (Å²) in [6.07, 6.45) is 1.59. The summed E-state index contributed by atoms with van der Waals surface area (Å²) in [5.41, 5.74) is 0.316. The minimum Gasteiger partial charge on any atom is -0.478 e. The number of carboxylic acids is 1. The fraction of sp³-hybridized carbons (Fsp3) is 0.0909. The molecule has 0 saturated heterocycles. The number of amides is 1. The van der Waals surface area contributed by atoms with Crippen LogP contribution in [-0.4, -0.2) is 17.0 Å². The van der Waals surface area contributed by atoms with E-state index in [-0.39, 0.29) is 6.54 Å². The summed E-state index contributed by atoms with van der Waals surface area (Å²) in [5, 5.41) is 10.7. The van der Waals surface area contributed by atoms with Gasteiger partial charge in [0.2, 0.25) is 5.91 Å². The molecule has 1 amide bonds. The number of carbonyl (C=O) groups excluding carboxylic acids is 1. The number of carbonyl (C=O) groups is 2. The Balaban J connectivity index is 2.58. The predicted molar refractivity (Wildman–Crippen MR) is 62.7 cm³/mol. The largest absolute Gasteiger partial charge is 0.478 e. The SMILES string of the molecule is O=C(O)/C=C/C(=O)NCc1cc(Br)ccc1F. The number of carboxylic acid groups (broad SMARTS) is 1. The zero-order valence-electron chi connectivity index (χ0n) is 8.61. The second-order valence-corrected chi connectivity index (χ2v) is 4.04. The maximum Gasteiger partial charge on any atom is 0.328 e. The van der Waals surface area contributed by atoms with Gasteiger partial charge in [0.05, 0.1) is 0 Å². The first-order valence-electron chi connectivity index (χ1n) is 4.62. The Hall–Kier alpha value is -1.69. The van der Waals surface area contributed by atoms with Crippen LogP contribution in [0.25, 0.3) is 0 Å². The van der Waals surface area contributed by atoms with Crippen LogP contribution in [0.1, 0.15) is 5.56 Å². The number of benzene rings is 1. The molecule has 1 aromatic carbocycles. The van der Waals surface area contributed by atoms with Gasteiger partial charge in [-0.3, -0.25) is 4.79 Å². The first kappa shape index (κ1) is 13.4. The molecule has 0 saturated carbocycles. The van der Waals surface area contributed by atoms with E-state index in [4.69, 9.17) is 5.11 Å². The number of nitrogens with one attached hydrogen (secondary N) is 1. The van der Waals surface area contributed by atoms with Crippen LogP contribution in [0.5, 0.6) is 0 Å². The van der Waals surface area contributed by atoms with Crippen molar-refractivity contribution >= 4 is 27.8 Å². The van der Waals surface area contributed by atoms with Gasteiger partial charge >= 0.3 is 5.97 Å². The molecule has 90 valence electrons. The first-order valence-corrected chi connectivity index (χ1v) is 5.41. The van der Waals surface area contributed by atoms with Crippen LogP contribution in [-0.2, 0) is 16.1 Å². The summed E-state index contributed by atoms with van der Waals surface area (Å²) in [6, 6.07) is 4.36. The first-order chi connectivity index (χ1) is 7.99. The van der Waals surface area contributed by atoms with Crippen LogP contribution in [0.3, 0.4) is 0 Å². The molecule has 0 unspecified atom stereocenters. The Kier molecular flexibility index (Phi) is 4.84. The predicted octanol–water partition coefficient (Wildman–Crippen LogP) is 1.85. The van der Waals surface area contributed by atoms with Crippen molar-refractivity contribution in [3.8, 4) is 0 Å². The van der Waals surface area contributed by atoms with E-state index in [1.807, 2.05) is 0 Å². The molecule has 17 heavy (non-hydrogen) atoms. The number of hydrogen-bond acceptors (Lipinski definition) is 2. The zero-order valence-corrected chi connectivity index (χ0v) is 10.2. The lowest BCUT2D eigenvalue weighted by Gasteiger charge is -2.04. The Morgan fingerprint density at radius 1 is 1.41 bits per heavy atom. The smallest absolute Gasteiger partial charge is 0.328 e. The van der Waals surface area contributed by atoms with Crippen molar-refractivity contribution in [1.29, 1.82) is 0 Å². The molecule has 0 fully saturated rings. The molecule has 1 rings (SSSR count). The van der Waals surface area contributed by atoms with E-state index in [2.05, 4.69) is 21.2 Å². The van der Waals surface area contributed by atoms with Gasteiger partial charge in [-0.2, -0.15) is 0 Å². The van der Waals surface area contributed by atoms with Gasteiger partial charge in [0.1, 0.15) is 5.82 Å². The molecule has 0 radical (unpaired) electrons. The molecule has 1 aromatic rings. The molecule has 0 aliphatic heterocycles. The van der Waals surface area contributed by atoms with Crippen LogP contribution >= 0.6 is 15.9 Å². The Bertz CT molecular complexity index is 474. The van der Waals surface area contributed by atoms with E-state index in [0.717, 1.165) is 6.08 Å². The van der Waals surface area contributed by atoms with E-state index in [0.29, 0.717) is 16.1 Å². The molecule has 0 spiro atoms. The number of hydrogen-bond donors (Lipinski definition) is 2. The molecule has 0 heterocycles. The Labute approximate surface area is 105 Å². The van der Waals surface area contributed by atoms with Crippen molar-refractivity contribution in [3.05, 3.63) is 46.2 Å². The average Bonchev–Trinajstić information content (AvgIpc) is 2.27. The lowest BCUT2D eigenvalue weighted by molar-refractivity contribution is -0.131. The lowest BCUT2D eigenvalue weighted by atomic mass is 10.2. The van der Waals surface area contributed by atoms with Crippen molar-refractivity contribution < 1.29 is 19.1 Å². The molecular weight excluding hydrogens is 293 g/mol. The maximum absolute atomic E-state index is 13.2. The zero-order chi connectivity index (χ0) is 12.8. The van der Waals surface area contributed by atoms with E-state index in [1.54, 1.807) is 6.07 Å². The van der Waals surface area contributed by atoms with Gasteiger partial charge in [0, 0.05) is 28.7 Å². The van der Waals surface area contributed by atoms with Gasteiger partial charge in [-0.25, -0.2) is 9.18 Å². The third-order valence-electron chi connectivity index (χ3n) is 1.84. The molecule has 0 aliphatic rings. The van der Waals surface area contributed by atoms with Gasteiger partial charge in [-0.1, -0.05) is 15.9 Å². The maximum atomic E-state index is 13.2. The number of halogens is 2. The molecule has 0 bridgehead atoms. The van der Waals surface area contributed by atoms with Crippen molar-refractivity contribution in [2.45, 2.75) is 6.54 Å². The fourth-order valence-corrected chi connectivity index (χ4v) is 1.48. The summed E-state index contributed by atoms with van der Waals surface area (Å²) < 4.78 is 13.9. The molecule has 4 nitrogen and oxygen atoms in total. The molecule has 6 heteroatoms. The van der Waals surface area contributed by atoms with Gasteiger partial charge in [0.15, 0.2) is 0 Å². The van der Waals surface area contributed by atoms with E-state index in [1.165, 1.54) is 12.1 Å². The normalized spacial score (nSPS) is 10.5. The van der Waals surface area contributed by atoms with E-state index < -0.39 is 17.7 Å². The van der Waals surface area contributed by atoms with Gasteiger partial charge < -0.3 is 10.4 Å². The molecule has 0 atom stereocenters. The Morgan fingerprint density at radius 2 is 2.12 bits per heavy atom. The Morgan fingerprint density at radius 3 is 2.76 bits per heavy atom. The highest BCUT2D eigenvalue weighted by Crippen LogP contribution is 2.15. The highest BCUT2D eigenvalue weighted by atomic mass is 79.9. The van der Waals surface area contributed by atoms with Crippen LogP contribution < -0.4 is 5.32 Å². The van der Waals surface area contributed by atoms with Crippen molar-refractivity contribution in [1.82, 2.24) is 5.32 Å². The minimum atomic E-state index is -1.21. The summed E-state index contributed by atoms with van der Waals surface area (Å²) in [5.74, 6) is -2.24. The molecular formula is C11H9BrFNO3. The minimum absolute atomic E-state index is 0.00589. The molecule has 2 N–H and O–H groups in total. The number of aliphatic carboxylic acids is 1. The second kappa shape index (κ2) is 6.15. The standard InChI is InChI=1S/C11H9BrFNO3/c12-8-1-2-9(13)7(5-8)6-14-10(15)3-4-11(16)17/h1-5H,6H2,(H,14,15)(H,16,17)/b4-3+. The van der Waals surface area contributed by atoms with Crippen LogP contribution in [0.2, 0.25) is 0 Å². The van der Waals surface area contributed by atoms with Gasteiger partial charge in [-0.05, 0) is 18.2 Å². The third kappa shape index (κ3) is 4.78. The highest BCUT2D eigenvalue weighted by Gasteiger charge is 2.04. The van der Waals surface area contributed by atoms with Crippen molar-refractivity contribution in [3.63, 3.8) is 0 Å². The van der Waals surface area contributed by atoms with Gasteiger partial charge in [-0.15, -0.1) is 0 Å². The quantitative estimate of drug-likeness (QED) is 0.834. The average molecular weight is 302 g/mol. The van der Waals surface area contributed by atoms with E-state index in [9.17, 15) is 14.0 Å². The fourth-order valence-electron chi connectivity index (χ4n) is 1.07. The second-order valence-electron chi connectivity index (χ2n) is 3.13. The summed E-state index contributed by atoms with van der Waals surface area (Å²) >= 11 is 3.18. The number of rotatable bonds is 4. The summed E-state index contributed by atoms with van der Waals surface area (Å²) in [6.45, 7) is -0.00589. The molecule has 0 aromatic heterocycles. The topological polar surface area (TPSA) is 66.4 Å². The highest BCUT2D eigenvalue weighted by molar-refractivity contribution is 9.10. The van der Waals surface area contributed by atoms with Gasteiger partial charge in [0.25, 0.3) is 0 Å². The monoisotopic (exact) mass is 301 g/mol. The van der Waals surface area contributed by atoms with Crippen LogP contribution in [0.4, 0.5) is 4.39 Å². The lowest BCUT2D eigenvalue weighted by Crippen LogP contribution is -2.21. The summed E-state index contributed by atoms with van der Waals surface area (Å²) in [4.78, 5) is 21.3. The molecule has 0 aliphatic carbocycles. The van der Waals surface area contributed by atoms with Crippen molar-refractivity contribution in [2.24, 2.45) is 0 Å². The van der Waals surface area contributed by atoms with Crippen LogP contribution in [0.15, 0.2) is 34.8 Å².